The van der Waals surface area contributed by atoms with E-state index in [2.05, 4.69) is 36.3 Å². The van der Waals surface area contributed by atoms with Crippen molar-refractivity contribution in [1.82, 2.24) is 0 Å². The van der Waals surface area contributed by atoms with Gasteiger partial charge in [0.2, 0.25) is 5.78 Å². The summed E-state index contributed by atoms with van der Waals surface area (Å²) in [5, 5.41) is 3.82. The monoisotopic (exact) mass is 417 g/mol. The Morgan fingerprint density at radius 3 is 1.97 bits per heavy atom. The number of ketones is 1. The molecule has 0 radical (unpaired) electrons. The summed E-state index contributed by atoms with van der Waals surface area (Å²) in [6.45, 7) is 3.93. The fourth-order valence-corrected chi connectivity index (χ4v) is 3.54. The largest absolute Gasteiger partial charge is 0.365 e. The van der Waals surface area contributed by atoms with E-state index < -0.39 is 5.97 Å². The minimum atomic E-state index is -0.589. The van der Waals surface area contributed by atoms with Gasteiger partial charge in [0, 0.05) is 10.5 Å². The standard InChI is InChI=1S/C25H23NO3S/c1-3-23(26-29-25(28)21-8-6-5-7-9-21)24(27)20-12-10-18(11-13-20)19-14-16-22(17-15-19)30-4-2/h5-17H,3-4H2,1-2H3. The second-order valence-corrected chi connectivity index (χ2v) is 7.84. The topological polar surface area (TPSA) is 55.7 Å². The molecule has 0 unspecified atom stereocenters. The number of carbonyl (C=O) groups is 2. The van der Waals surface area contributed by atoms with Gasteiger partial charge in [-0.3, -0.25) is 4.79 Å². The van der Waals surface area contributed by atoms with Gasteiger partial charge in [0.25, 0.3) is 0 Å². The van der Waals surface area contributed by atoms with Gasteiger partial charge in [-0.1, -0.05) is 73.6 Å². The minimum absolute atomic E-state index is 0.202. The number of hydrogen-bond acceptors (Lipinski definition) is 5. The molecule has 3 rings (SSSR count). The molecule has 3 aromatic carbocycles. The van der Waals surface area contributed by atoms with Crippen LogP contribution >= 0.6 is 11.8 Å². The van der Waals surface area contributed by atoms with Crippen molar-refractivity contribution in [2.24, 2.45) is 5.16 Å². The smallest absolute Gasteiger partial charge is 0.312 e. The molecule has 30 heavy (non-hydrogen) atoms. The molecule has 0 saturated carbocycles. The molecule has 0 spiro atoms. The molecule has 0 saturated heterocycles. The van der Waals surface area contributed by atoms with Gasteiger partial charge in [-0.05, 0) is 47.6 Å². The van der Waals surface area contributed by atoms with Crippen molar-refractivity contribution in [2.45, 2.75) is 25.2 Å². The Bertz CT molecular complexity index is 1030. The number of benzene rings is 3. The Labute approximate surface area is 181 Å². The third kappa shape index (κ3) is 5.45. The molecule has 0 aliphatic heterocycles. The third-order valence-electron chi connectivity index (χ3n) is 4.49. The maximum absolute atomic E-state index is 12.8. The quantitative estimate of drug-likeness (QED) is 0.142. The number of rotatable bonds is 8. The fraction of sp³-hybridized carbons (Fsp3) is 0.160. The molecule has 0 amide bonds. The van der Waals surface area contributed by atoms with Gasteiger partial charge in [0.15, 0.2) is 0 Å². The van der Waals surface area contributed by atoms with Crippen LogP contribution in [0.5, 0.6) is 0 Å². The first-order chi connectivity index (χ1) is 14.6. The number of carbonyl (C=O) groups excluding carboxylic acids is 2. The SMILES string of the molecule is CCSc1ccc(-c2ccc(C(=O)C(CC)=NOC(=O)c3ccccc3)cc2)cc1. The Balaban J connectivity index is 1.71. The van der Waals surface area contributed by atoms with Crippen molar-refractivity contribution in [3.8, 4) is 11.1 Å². The Morgan fingerprint density at radius 1 is 0.800 bits per heavy atom. The molecule has 0 bridgehead atoms. The Hall–Kier alpha value is -3.18. The molecular formula is C25H23NO3S. The van der Waals surface area contributed by atoms with Crippen molar-refractivity contribution >= 4 is 29.2 Å². The maximum atomic E-state index is 12.8. The molecule has 152 valence electrons. The van der Waals surface area contributed by atoms with Crippen LogP contribution in [0, 0.1) is 0 Å². The molecule has 0 aliphatic carbocycles. The lowest BCUT2D eigenvalue weighted by atomic mass is 10.0. The normalized spacial score (nSPS) is 11.2. The lowest BCUT2D eigenvalue weighted by Crippen LogP contribution is -2.15. The molecular weight excluding hydrogens is 394 g/mol. The molecule has 0 atom stereocenters. The van der Waals surface area contributed by atoms with Gasteiger partial charge in [-0.25, -0.2) is 4.79 Å². The fourth-order valence-electron chi connectivity index (χ4n) is 2.88. The van der Waals surface area contributed by atoms with Crippen LogP contribution < -0.4 is 0 Å². The number of nitrogens with zero attached hydrogens (tertiary/aromatic N) is 1. The lowest BCUT2D eigenvalue weighted by Gasteiger charge is -2.06. The van der Waals surface area contributed by atoms with Gasteiger partial charge in [0.1, 0.15) is 5.71 Å². The van der Waals surface area contributed by atoms with Crippen LogP contribution in [0.1, 0.15) is 41.0 Å². The molecule has 3 aromatic rings. The van der Waals surface area contributed by atoms with E-state index in [-0.39, 0.29) is 11.5 Å². The van der Waals surface area contributed by atoms with E-state index in [4.69, 9.17) is 4.84 Å². The van der Waals surface area contributed by atoms with E-state index in [1.807, 2.05) is 18.2 Å². The first-order valence-electron chi connectivity index (χ1n) is 9.83. The zero-order valence-corrected chi connectivity index (χ0v) is 17.8. The first kappa shape index (κ1) is 21.5. The molecule has 0 N–H and O–H groups in total. The second kappa shape index (κ2) is 10.6. The summed E-state index contributed by atoms with van der Waals surface area (Å²) in [7, 11) is 0. The summed E-state index contributed by atoms with van der Waals surface area (Å²) in [6.07, 6.45) is 0.360. The van der Waals surface area contributed by atoms with E-state index in [1.54, 1.807) is 55.1 Å². The van der Waals surface area contributed by atoms with Gasteiger partial charge < -0.3 is 4.84 Å². The zero-order valence-electron chi connectivity index (χ0n) is 17.0. The van der Waals surface area contributed by atoms with Gasteiger partial charge in [-0.2, -0.15) is 0 Å². The summed E-state index contributed by atoms with van der Waals surface area (Å²) >= 11 is 1.80. The van der Waals surface area contributed by atoms with Crippen LogP contribution in [-0.2, 0) is 4.84 Å². The predicted octanol–water partition coefficient (Wildman–Crippen LogP) is 6.27. The molecule has 4 nitrogen and oxygen atoms in total. The molecule has 0 aliphatic rings. The van der Waals surface area contributed by atoms with Crippen LogP contribution in [0.2, 0.25) is 0 Å². The van der Waals surface area contributed by atoms with Crippen LogP contribution in [0.15, 0.2) is 88.9 Å². The van der Waals surface area contributed by atoms with Gasteiger partial charge in [0.05, 0.1) is 5.56 Å². The summed E-state index contributed by atoms with van der Waals surface area (Å²) in [6, 6.07) is 24.3. The molecule has 0 aromatic heterocycles. The summed E-state index contributed by atoms with van der Waals surface area (Å²) in [5.41, 5.74) is 3.22. The highest BCUT2D eigenvalue weighted by Crippen LogP contribution is 2.24. The van der Waals surface area contributed by atoms with Crippen molar-refractivity contribution in [2.75, 3.05) is 5.75 Å². The number of Topliss-reactive ketones (excluding diaryl/α,β-unsaturated/α-hetero) is 1. The van der Waals surface area contributed by atoms with Crippen LogP contribution in [0.3, 0.4) is 0 Å². The third-order valence-corrected chi connectivity index (χ3v) is 5.39. The second-order valence-electron chi connectivity index (χ2n) is 6.50. The molecule has 0 fully saturated rings. The predicted molar refractivity (Wildman–Crippen MR) is 122 cm³/mol. The van der Waals surface area contributed by atoms with E-state index in [0.717, 1.165) is 16.9 Å². The zero-order chi connectivity index (χ0) is 21.3. The highest BCUT2D eigenvalue weighted by atomic mass is 32.2. The van der Waals surface area contributed by atoms with Crippen LogP contribution in [-0.4, -0.2) is 23.2 Å². The van der Waals surface area contributed by atoms with E-state index >= 15 is 0 Å². The first-order valence-corrected chi connectivity index (χ1v) is 10.8. The van der Waals surface area contributed by atoms with Crippen LogP contribution in [0.4, 0.5) is 0 Å². The average molecular weight is 418 g/mol. The van der Waals surface area contributed by atoms with Crippen molar-refractivity contribution in [1.29, 1.82) is 0 Å². The van der Waals surface area contributed by atoms with Crippen LogP contribution in [0.25, 0.3) is 11.1 Å². The summed E-state index contributed by atoms with van der Waals surface area (Å²) in [5.74, 6) is 0.201. The van der Waals surface area contributed by atoms with Gasteiger partial charge in [-0.15, -0.1) is 11.8 Å². The van der Waals surface area contributed by atoms with Crippen molar-refractivity contribution in [3.63, 3.8) is 0 Å². The lowest BCUT2D eigenvalue weighted by molar-refractivity contribution is 0.0515. The number of oxime groups is 1. The molecule has 0 heterocycles. The Morgan fingerprint density at radius 2 is 1.40 bits per heavy atom. The number of thioether (sulfide) groups is 1. The van der Waals surface area contributed by atoms with E-state index in [9.17, 15) is 9.59 Å². The Kier molecular flexibility index (Phi) is 7.57. The summed E-state index contributed by atoms with van der Waals surface area (Å²) < 4.78 is 0. The average Bonchev–Trinajstić information content (AvgIpc) is 2.80. The van der Waals surface area contributed by atoms with Crippen molar-refractivity contribution < 1.29 is 14.4 Å². The highest BCUT2D eigenvalue weighted by molar-refractivity contribution is 7.99. The van der Waals surface area contributed by atoms with E-state index in [0.29, 0.717) is 17.5 Å². The van der Waals surface area contributed by atoms with Crippen molar-refractivity contribution in [3.05, 3.63) is 90.0 Å². The molecule has 5 heteroatoms. The van der Waals surface area contributed by atoms with Gasteiger partial charge >= 0.3 is 5.97 Å². The highest BCUT2D eigenvalue weighted by Gasteiger charge is 2.15. The summed E-state index contributed by atoms with van der Waals surface area (Å²) in [4.78, 5) is 31.0. The number of hydrogen-bond donors (Lipinski definition) is 0. The minimum Gasteiger partial charge on any atom is -0.312 e. The maximum Gasteiger partial charge on any atom is 0.365 e. The van der Waals surface area contributed by atoms with E-state index in [1.165, 1.54) is 4.90 Å².